The number of amides is 1. The lowest BCUT2D eigenvalue weighted by molar-refractivity contribution is -0.119. The molecular weight excluding hydrogens is 444 g/mol. The van der Waals surface area contributed by atoms with Crippen molar-refractivity contribution in [1.82, 2.24) is 9.29 Å². The van der Waals surface area contributed by atoms with Crippen molar-refractivity contribution in [2.75, 3.05) is 19.0 Å². The zero-order valence-corrected chi connectivity index (χ0v) is 18.4. The van der Waals surface area contributed by atoms with E-state index in [4.69, 9.17) is 0 Å². The minimum absolute atomic E-state index is 0.00325. The summed E-state index contributed by atoms with van der Waals surface area (Å²) >= 11 is 1.44. The van der Waals surface area contributed by atoms with Crippen LogP contribution in [0.1, 0.15) is 22.1 Å². The molecule has 0 fully saturated rings. The Morgan fingerprint density at radius 3 is 2.65 bits per heavy atom. The molecular formula is C21H19F2N3O3S2. The molecule has 3 aromatic rings. The first-order chi connectivity index (χ1) is 14.7. The number of rotatable bonds is 6. The van der Waals surface area contributed by atoms with Crippen LogP contribution in [0.25, 0.3) is 0 Å². The molecule has 1 aliphatic rings. The normalized spacial score (nSPS) is 16.2. The van der Waals surface area contributed by atoms with Crippen molar-refractivity contribution in [3.63, 3.8) is 0 Å². The van der Waals surface area contributed by atoms with E-state index in [1.165, 1.54) is 41.5 Å². The van der Waals surface area contributed by atoms with E-state index in [9.17, 15) is 22.0 Å². The lowest BCUT2D eigenvalue weighted by atomic mass is 9.98. The smallest absolute Gasteiger partial charge is 0.243 e. The number of anilines is 1. The third-order valence-corrected chi connectivity index (χ3v) is 7.94. The van der Waals surface area contributed by atoms with Gasteiger partial charge in [-0.2, -0.15) is 4.31 Å². The summed E-state index contributed by atoms with van der Waals surface area (Å²) in [5.74, 6) is -2.19. The van der Waals surface area contributed by atoms with E-state index >= 15 is 0 Å². The van der Waals surface area contributed by atoms with Crippen molar-refractivity contribution < 1.29 is 22.0 Å². The Kier molecular flexibility index (Phi) is 5.63. The number of benzene rings is 2. The van der Waals surface area contributed by atoms with E-state index < -0.39 is 27.6 Å². The fraction of sp³-hybridized carbons (Fsp3) is 0.238. The average Bonchev–Trinajstić information content (AvgIpc) is 3.33. The van der Waals surface area contributed by atoms with Gasteiger partial charge >= 0.3 is 0 Å². The van der Waals surface area contributed by atoms with Gasteiger partial charge in [-0.05, 0) is 29.8 Å². The van der Waals surface area contributed by atoms with Crippen LogP contribution in [0.15, 0.2) is 52.9 Å². The minimum Gasteiger partial charge on any atom is -0.315 e. The number of carbonyl (C=O) groups excluding carboxylic acids is 1. The maximum atomic E-state index is 14.0. The maximum Gasteiger partial charge on any atom is 0.243 e. The summed E-state index contributed by atoms with van der Waals surface area (Å²) < 4.78 is 54.4. The molecule has 4 rings (SSSR count). The zero-order chi connectivity index (χ0) is 22.3. The predicted molar refractivity (Wildman–Crippen MR) is 113 cm³/mol. The molecule has 0 bridgehead atoms. The third-order valence-electron chi connectivity index (χ3n) is 5.34. The Bertz CT molecular complexity index is 1250. The number of nitrogens with zero attached hydrogens (tertiary/aromatic N) is 3. The van der Waals surface area contributed by atoms with Crippen LogP contribution >= 0.6 is 11.3 Å². The molecule has 0 spiro atoms. The monoisotopic (exact) mass is 463 g/mol. The molecule has 2 aromatic carbocycles. The van der Waals surface area contributed by atoms with Crippen LogP contribution in [0.2, 0.25) is 0 Å². The highest BCUT2D eigenvalue weighted by Gasteiger charge is 2.37. The van der Waals surface area contributed by atoms with Crippen molar-refractivity contribution in [1.29, 1.82) is 0 Å². The minimum atomic E-state index is -3.98. The molecule has 1 atom stereocenters. The number of thiazole rings is 1. The molecule has 1 aromatic heterocycles. The molecule has 1 aliphatic heterocycles. The van der Waals surface area contributed by atoms with Crippen molar-refractivity contribution >= 4 is 33.0 Å². The Hall–Kier alpha value is -2.69. The number of hydrogen-bond acceptors (Lipinski definition) is 5. The van der Waals surface area contributed by atoms with E-state index in [1.54, 1.807) is 19.3 Å². The first kappa shape index (κ1) is 21.5. The van der Waals surface area contributed by atoms with Crippen molar-refractivity contribution in [3.8, 4) is 0 Å². The van der Waals surface area contributed by atoms with Crippen LogP contribution in [-0.4, -0.2) is 37.7 Å². The molecule has 10 heteroatoms. The Balaban J connectivity index is 1.65. The summed E-state index contributed by atoms with van der Waals surface area (Å²) in [7, 11) is -0.994. The van der Waals surface area contributed by atoms with E-state index in [0.29, 0.717) is 17.7 Å². The summed E-state index contributed by atoms with van der Waals surface area (Å²) in [5.41, 5.74) is 1.33. The Morgan fingerprint density at radius 2 is 1.97 bits per heavy atom. The first-order valence-electron chi connectivity index (χ1n) is 9.38. The van der Waals surface area contributed by atoms with Crippen molar-refractivity contribution in [2.24, 2.45) is 0 Å². The topological polar surface area (TPSA) is 70.6 Å². The van der Waals surface area contributed by atoms with Gasteiger partial charge in [0, 0.05) is 56.0 Å². The molecule has 1 unspecified atom stereocenters. The predicted octanol–water partition coefficient (Wildman–Crippen LogP) is 3.54. The summed E-state index contributed by atoms with van der Waals surface area (Å²) in [6, 6.07) is 7.56. The average molecular weight is 464 g/mol. The highest BCUT2D eigenvalue weighted by molar-refractivity contribution is 7.89. The number of fused-ring (bicyclic) bond motifs is 1. The van der Waals surface area contributed by atoms with Gasteiger partial charge in [-0.3, -0.25) is 4.79 Å². The number of sulfonamides is 1. The largest absolute Gasteiger partial charge is 0.315 e. The van der Waals surface area contributed by atoms with E-state index in [2.05, 4.69) is 4.98 Å². The number of carbonyl (C=O) groups is 1. The van der Waals surface area contributed by atoms with Gasteiger partial charge in [0.05, 0.1) is 15.8 Å². The highest BCUT2D eigenvalue weighted by Crippen LogP contribution is 2.40. The Morgan fingerprint density at radius 1 is 1.19 bits per heavy atom. The molecule has 0 radical (unpaired) electrons. The molecule has 162 valence electrons. The molecule has 1 amide bonds. The van der Waals surface area contributed by atoms with Gasteiger partial charge < -0.3 is 4.90 Å². The molecule has 6 nitrogen and oxygen atoms in total. The molecule has 0 aliphatic carbocycles. The van der Waals surface area contributed by atoms with Crippen LogP contribution < -0.4 is 4.90 Å². The second-order valence-electron chi connectivity index (χ2n) is 7.30. The van der Waals surface area contributed by atoms with Crippen LogP contribution in [0.3, 0.4) is 0 Å². The van der Waals surface area contributed by atoms with E-state index in [1.807, 2.05) is 5.38 Å². The Labute approximate surface area is 182 Å². The van der Waals surface area contributed by atoms with Gasteiger partial charge in [0.1, 0.15) is 11.6 Å². The molecule has 2 heterocycles. The fourth-order valence-electron chi connectivity index (χ4n) is 3.64. The van der Waals surface area contributed by atoms with Crippen LogP contribution in [0.4, 0.5) is 14.5 Å². The number of halogens is 2. The molecule has 0 saturated heterocycles. The van der Waals surface area contributed by atoms with Gasteiger partial charge in [0.25, 0.3) is 0 Å². The zero-order valence-electron chi connectivity index (χ0n) is 16.7. The van der Waals surface area contributed by atoms with Gasteiger partial charge in [0.15, 0.2) is 0 Å². The van der Waals surface area contributed by atoms with Crippen molar-refractivity contribution in [3.05, 3.63) is 75.7 Å². The van der Waals surface area contributed by atoms with Gasteiger partial charge in [0.2, 0.25) is 15.9 Å². The lowest BCUT2D eigenvalue weighted by Crippen LogP contribution is -2.27. The van der Waals surface area contributed by atoms with Gasteiger partial charge in [-0.1, -0.05) is 6.07 Å². The summed E-state index contributed by atoms with van der Waals surface area (Å²) in [6.45, 7) is -0.257. The van der Waals surface area contributed by atoms with Crippen LogP contribution in [0, 0.1) is 11.6 Å². The van der Waals surface area contributed by atoms with Gasteiger partial charge in [-0.25, -0.2) is 22.2 Å². The van der Waals surface area contributed by atoms with Crippen LogP contribution in [0.5, 0.6) is 0 Å². The summed E-state index contributed by atoms with van der Waals surface area (Å²) in [5, 5.41) is 2.61. The van der Waals surface area contributed by atoms with Crippen LogP contribution in [-0.2, 0) is 27.8 Å². The quantitative estimate of drug-likeness (QED) is 0.561. The second kappa shape index (κ2) is 8.10. The van der Waals surface area contributed by atoms with Crippen molar-refractivity contribution in [2.45, 2.75) is 23.8 Å². The summed E-state index contributed by atoms with van der Waals surface area (Å²) in [4.78, 5) is 18.5. The molecule has 0 saturated carbocycles. The molecule has 31 heavy (non-hydrogen) atoms. The van der Waals surface area contributed by atoms with Gasteiger partial charge in [-0.15, -0.1) is 11.3 Å². The molecule has 0 N–H and O–H groups in total. The number of aromatic nitrogens is 1. The highest BCUT2D eigenvalue weighted by atomic mass is 32.2. The standard InChI is InChI=1S/C21H19F2N3O3S2/c1-25(12-13-3-4-14(22)9-18(13)23)31(28,29)15-5-6-19-16(10-15)17(21(27)26(19)2)11-20-24-7-8-30-20/h3-10,17H,11-12H2,1-2H3. The second-order valence-corrected chi connectivity index (χ2v) is 10.3. The van der Waals surface area contributed by atoms with E-state index in [-0.39, 0.29) is 22.9 Å². The SMILES string of the molecule is CN1C(=O)C(Cc2nccs2)c2cc(S(=O)(=O)N(C)Cc3ccc(F)cc3F)ccc21. The maximum absolute atomic E-state index is 14.0. The lowest BCUT2D eigenvalue weighted by Gasteiger charge is -2.19. The third kappa shape index (κ3) is 3.98. The fourth-order valence-corrected chi connectivity index (χ4v) is 5.49. The van der Waals surface area contributed by atoms with E-state index in [0.717, 1.165) is 21.4 Å². The number of hydrogen-bond donors (Lipinski definition) is 0. The summed E-state index contributed by atoms with van der Waals surface area (Å²) in [6.07, 6.45) is 2.04. The number of likely N-dealkylation sites (N-methyl/N-ethyl adjacent to an activating group) is 1. The first-order valence-corrected chi connectivity index (χ1v) is 11.7.